The summed E-state index contributed by atoms with van der Waals surface area (Å²) in [6.07, 6.45) is 5.53. The Balaban J connectivity index is 1.55. The Labute approximate surface area is 143 Å². The predicted octanol–water partition coefficient (Wildman–Crippen LogP) is 2.78. The van der Waals surface area contributed by atoms with Crippen LogP contribution in [0.3, 0.4) is 0 Å². The van der Waals surface area contributed by atoms with Crippen LogP contribution in [0.15, 0.2) is 36.7 Å². The Bertz CT molecular complexity index is 755. The molecule has 132 valence electrons. The Kier molecular flexibility index (Phi) is 4.97. The van der Waals surface area contributed by atoms with E-state index in [-0.39, 0.29) is 12.0 Å². The lowest BCUT2D eigenvalue weighted by molar-refractivity contribution is -0.142. The molecular weight excluding hydrogens is 327 g/mol. The number of amides is 2. The van der Waals surface area contributed by atoms with E-state index in [1.807, 2.05) is 0 Å². The van der Waals surface area contributed by atoms with Crippen molar-refractivity contribution in [1.82, 2.24) is 15.1 Å². The van der Waals surface area contributed by atoms with Gasteiger partial charge in [-0.05, 0) is 49.9 Å². The monoisotopic (exact) mass is 346 g/mol. The number of aromatic nitrogens is 2. The largest absolute Gasteiger partial charge is 0.481 e. The fourth-order valence-electron chi connectivity index (χ4n) is 3.02. The third-order valence-electron chi connectivity index (χ3n) is 4.37. The highest BCUT2D eigenvalue weighted by molar-refractivity contribution is 5.89. The van der Waals surface area contributed by atoms with Crippen molar-refractivity contribution in [2.24, 2.45) is 5.92 Å². The number of rotatable bonds is 4. The molecule has 0 atom stereocenters. The van der Waals surface area contributed by atoms with Crippen molar-refractivity contribution in [2.75, 3.05) is 5.32 Å². The highest BCUT2D eigenvalue weighted by Crippen LogP contribution is 2.24. The van der Waals surface area contributed by atoms with Crippen LogP contribution in [0.25, 0.3) is 5.69 Å². The molecule has 7 nitrogen and oxygen atoms in total. The molecule has 2 aromatic rings. The highest BCUT2D eigenvalue weighted by Gasteiger charge is 2.26. The number of nitrogens with zero attached hydrogens (tertiary/aromatic N) is 2. The molecule has 3 N–H and O–H groups in total. The number of anilines is 1. The smallest absolute Gasteiger partial charge is 0.319 e. The standard InChI is InChI=1S/C17H19FN4O3/c18-14-10-13(6-7-15(14)22-9-1-8-19-22)21-17(25)20-12-4-2-11(3-5-12)16(23)24/h1,6-12H,2-5H2,(H,23,24)(H2,20,21,25). The molecule has 1 fully saturated rings. The minimum Gasteiger partial charge on any atom is -0.481 e. The van der Waals surface area contributed by atoms with Gasteiger partial charge in [0.15, 0.2) is 5.82 Å². The van der Waals surface area contributed by atoms with E-state index >= 15 is 0 Å². The van der Waals surface area contributed by atoms with Gasteiger partial charge in [-0.3, -0.25) is 4.79 Å². The van der Waals surface area contributed by atoms with Crippen LogP contribution < -0.4 is 10.6 Å². The topological polar surface area (TPSA) is 96.3 Å². The van der Waals surface area contributed by atoms with Crippen LogP contribution in [0.4, 0.5) is 14.9 Å². The molecule has 0 radical (unpaired) electrons. The third-order valence-corrected chi connectivity index (χ3v) is 4.37. The summed E-state index contributed by atoms with van der Waals surface area (Å²) in [6.45, 7) is 0. The number of halogens is 1. The van der Waals surface area contributed by atoms with Gasteiger partial charge in [-0.15, -0.1) is 0 Å². The van der Waals surface area contributed by atoms with Gasteiger partial charge in [-0.25, -0.2) is 13.9 Å². The second kappa shape index (κ2) is 7.33. The van der Waals surface area contributed by atoms with Gasteiger partial charge in [0, 0.05) is 24.1 Å². The van der Waals surface area contributed by atoms with E-state index in [0.29, 0.717) is 37.1 Å². The summed E-state index contributed by atoms with van der Waals surface area (Å²) in [4.78, 5) is 23.0. The molecule has 0 aliphatic heterocycles. The average Bonchev–Trinajstić information content (AvgIpc) is 3.09. The first-order chi connectivity index (χ1) is 12.0. The van der Waals surface area contributed by atoms with E-state index in [9.17, 15) is 14.0 Å². The molecular formula is C17H19FN4O3. The molecule has 0 bridgehead atoms. The summed E-state index contributed by atoms with van der Waals surface area (Å²) in [5, 5.41) is 18.4. The van der Waals surface area contributed by atoms with Gasteiger partial charge in [0.25, 0.3) is 0 Å². The predicted molar refractivity (Wildman–Crippen MR) is 89.1 cm³/mol. The van der Waals surface area contributed by atoms with Crippen LogP contribution in [0, 0.1) is 11.7 Å². The lowest BCUT2D eigenvalue weighted by atomic mass is 9.86. The first kappa shape index (κ1) is 16.9. The number of carboxylic acids is 1. The first-order valence-corrected chi connectivity index (χ1v) is 8.13. The average molecular weight is 346 g/mol. The van der Waals surface area contributed by atoms with Crippen molar-refractivity contribution >= 4 is 17.7 Å². The molecule has 1 aliphatic rings. The maximum atomic E-state index is 14.2. The maximum Gasteiger partial charge on any atom is 0.319 e. The van der Waals surface area contributed by atoms with Crippen molar-refractivity contribution in [3.8, 4) is 5.69 Å². The molecule has 25 heavy (non-hydrogen) atoms. The van der Waals surface area contributed by atoms with Crippen molar-refractivity contribution in [1.29, 1.82) is 0 Å². The number of hydrogen-bond donors (Lipinski definition) is 3. The number of urea groups is 1. The van der Waals surface area contributed by atoms with Crippen molar-refractivity contribution < 1.29 is 19.1 Å². The highest BCUT2D eigenvalue weighted by atomic mass is 19.1. The quantitative estimate of drug-likeness (QED) is 0.793. The SMILES string of the molecule is O=C(Nc1ccc(-n2cccn2)c(F)c1)NC1CCC(C(=O)O)CC1. The molecule has 0 saturated heterocycles. The van der Waals surface area contributed by atoms with Gasteiger partial charge >= 0.3 is 12.0 Å². The summed E-state index contributed by atoms with van der Waals surface area (Å²) in [5.74, 6) is -1.61. The Morgan fingerprint density at radius 3 is 2.60 bits per heavy atom. The summed E-state index contributed by atoms with van der Waals surface area (Å²) in [6, 6.07) is 5.57. The molecule has 1 saturated carbocycles. The van der Waals surface area contributed by atoms with Gasteiger partial charge < -0.3 is 15.7 Å². The van der Waals surface area contributed by atoms with Gasteiger partial charge in [0.05, 0.1) is 5.92 Å². The number of nitrogens with one attached hydrogen (secondary N) is 2. The zero-order chi connectivity index (χ0) is 17.8. The summed E-state index contributed by atoms with van der Waals surface area (Å²) in [5.41, 5.74) is 0.632. The van der Waals surface area contributed by atoms with Gasteiger partial charge in [0.1, 0.15) is 5.69 Å². The number of carbonyl (C=O) groups excluding carboxylic acids is 1. The Hall–Kier alpha value is -2.90. The Morgan fingerprint density at radius 2 is 2.00 bits per heavy atom. The molecule has 1 heterocycles. The zero-order valence-electron chi connectivity index (χ0n) is 13.5. The van der Waals surface area contributed by atoms with E-state index in [0.717, 1.165) is 0 Å². The second-order valence-corrected chi connectivity index (χ2v) is 6.10. The molecule has 0 spiro atoms. The molecule has 1 aromatic heterocycles. The van der Waals surface area contributed by atoms with E-state index in [2.05, 4.69) is 15.7 Å². The molecule has 8 heteroatoms. The number of carbonyl (C=O) groups is 2. The fourth-order valence-corrected chi connectivity index (χ4v) is 3.02. The van der Waals surface area contributed by atoms with E-state index in [1.54, 1.807) is 24.5 Å². The van der Waals surface area contributed by atoms with E-state index in [4.69, 9.17) is 5.11 Å². The van der Waals surface area contributed by atoms with Crippen molar-refractivity contribution in [3.63, 3.8) is 0 Å². The van der Waals surface area contributed by atoms with Crippen LogP contribution in [-0.4, -0.2) is 32.9 Å². The molecule has 2 amide bonds. The van der Waals surface area contributed by atoms with Crippen molar-refractivity contribution in [2.45, 2.75) is 31.7 Å². The molecule has 1 aliphatic carbocycles. The zero-order valence-corrected chi connectivity index (χ0v) is 13.5. The number of benzene rings is 1. The van der Waals surface area contributed by atoms with Crippen LogP contribution in [0.1, 0.15) is 25.7 Å². The summed E-state index contributed by atoms with van der Waals surface area (Å²) < 4.78 is 15.6. The number of hydrogen-bond acceptors (Lipinski definition) is 3. The van der Waals surface area contributed by atoms with Crippen molar-refractivity contribution in [3.05, 3.63) is 42.5 Å². The normalized spacial score (nSPS) is 20.0. The van der Waals surface area contributed by atoms with E-state index < -0.39 is 17.8 Å². The fraction of sp³-hybridized carbons (Fsp3) is 0.353. The number of aliphatic carboxylic acids is 1. The molecule has 1 aromatic carbocycles. The minimum absolute atomic E-state index is 0.0659. The van der Waals surface area contributed by atoms with Gasteiger partial charge in [0.2, 0.25) is 0 Å². The van der Waals surface area contributed by atoms with Crippen LogP contribution in [-0.2, 0) is 4.79 Å². The van der Waals surface area contributed by atoms with Crippen LogP contribution >= 0.6 is 0 Å². The van der Waals surface area contributed by atoms with E-state index in [1.165, 1.54) is 16.8 Å². The lowest BCUT2D eigenvalue weighted by Crippen LogP contribution is -2.41. The molecule has 3 rings (SSSR count). The number of carboxylic acid groups (broad SMARTS) is 1. The first-order valence-electron chi connectivity index (χ1n) is 8.13. The van der Waals surface area contributed by atoms with Crippen LogP contribution in [0.5, 0.6) is 0 Å². The minimum atomic E-state index is -0.782. The summed E-state index contributed by atoms with van der Waals surface area (Å²) >= 11 is 0. The summed E-state index contributed by atoms with van der Waals surface area (Å²) in [7, 11) is 0. The molecule has 0 unspecified atom stereocenters. The van der Waals surface area contributed by atoms with Gasteiger partial charge in [-0.1, -0.05) is 0 Å². The second-order valence-electron chi connectivity index (χ2n) is 6.10. The Morgan fingerprint density at radius 1 is 1.24 bits per heavy atom. The maximum absolute atomic E-state index is 14.2. The van der Waals surface area contributed by atoms with Crippen LogP contribution in [0.2, 0.25) is 0 Å². The third kappa shape index (κ3) is 4.14. The van der Waals surface area contributed by atoms with Gasteiger partial charge in [-0.2, -0.15) is 5.10 Å². The lowest BCUT2D eigenvalue weighted by Gasteiger charge is -2.26.